The second-order valence-corrected chi connectivity index (χ2v) is 13.5. The van der Waals surface area contributed by atoms with Gasteiger partial charge >= 0.3 is 12.1 Å². The number of urea groups is 1. The maximum atomic E-state index is 13.7. The Morgan fingerprint density at radius 3 is 2.60 bits per heavy atom. The van der Waals surface area contributed by atoms with Crippen LogP contribution in [0.1, 0.15) is 55.5 Å². The van der Waals surface area contributed by atoms with Crippen molar-refractivity contribution >= 4 is 28.9 Å². The number of hydrogen-bond acceptors (Lipinski definition) is 6. The van der Waals surface area contributed by atoms with E-state index in [9.17, 15) is 14.4 Å². The number of benzene rings is 1. The lowest BCUT2D eigenvalue weighted by Crippen LogP contribution is -2.60. The van der Waals surface area contributed by atoms with Crippen LogP contribution >= 0.6 is 0 Å². The molecule has 8 rings (SSSR count). The number of pyridine rings is 1. The van der Waals surface area contributed by atoms with E-state index >= 15 is 0 Å². The van der Waals surface area contributed by atoms with Gasteiger partial charge in [0.2, 0.25) is 0 Å². The number of aryl methyl sites for hydroxylation is 1. The van der Waals surface area contributed by atoms with Crippen LogP contribution in [0.2, 0.25) is 0 Å². The van der Waals surface area contributed by atoms with Crippen molar-refractivity contribution in [2.75, 3.05) is 39.4 Å². The molecule has 4 aliphatic heterocycles. The number of aromatic nitrogens is 2. The number of amides is 3. The molecule has 43 heavy (non-hydrogen) atoms. The van der Waals surface area contributed by atoms with Gasteiger partial charge in [0.25, 0.3) is 0 Å². The summed E-state index contributed by atoms with van der Waals surface area (Å²) >= 11 is 0. The van der Waals surface area contributed by atoms with Crippen LogP contribution in [0.5, 0.6) is 0 Å². The molecule has 0 radical (unpaired) electrons. The Morgan fingerprint density at radius 2 is 1.86 bits per heavy atom. The summed E-state index contributed by atoms with van der Waals surface area (Å²) in [5.74, 6) is 0.300. The number of carbonyl (C=O) groups is 3. The summed E-state index contributed by atoms with van der Waals surface area (Å²) in [6.45, 7) is 10.9. The zero-order valence-corrected chi connectivity index (χ0v) is 25.3. The maximum Gasteiger partial charge on any atom is 0.410 e. The van der Waals surface area contributed by atoms with E-state index in [1.807, 2.05) is 43.0 Å². The van der Waals surface area contributed by atoms with Crippen LogP contribution in [0.25, 0.3) is 22.2 Å². The molecular formula is C33H39N5O5. The number of piperidine rings is 2. The number of nitrogens with zero attached hydrogens (tertiary/aromatic N) is 4. The van der Waals surface area contributed by atoms with E-state index in [0.29, 0.717) is 58.1 Å². The Hall–Kier alpha value is -3.92. The van der Waals surface area contributed by atoms with Crippen LogP contribution in [0, 0.1) is 18.8 Å². The molecule has 1 saturated carbocycles. The lowest BCUT2D eigenvalue weighted by molar-refractivity contribution is -0.141. The van der Waals surface area contributed by atoms with E-state index in [4.69, 9.17) is 9.47 Å². The Balaban J connectivity index is 1.27. The molecule has 0 spiro atoms. The van der Waals surface area contributed by atoms with Gasteiger partial charge in [-0.25, -0.2) is 14.6 Å². The Kier molecular flexibility index (Phi) is 6.72. The molecule has 226 valence electrons. The summed E-state index contributed by atoms with van der Waals surface area (Å²) in [4.78, 5) is 52.7. The molecule has 3 atom stereocenters. The highest BCUT2D eigenvalue weighted by molar-refractivity contribution is 5.92. The molecular weight excluding hydrogens is 546 g/mol. The van der Waals surface area contributed by atoms with Gasteiger partial charge in [0.1, 0.15) is 17.0 Å². The Morgan fingerprint density at radius 1 is 1.07 bits per heavy atom. The van der Waals surface area contributed by atoms with Crippen molar-refractivity contribution < 1.29 is 23.9 Å². The van der Waals surface area contributed by atoms with E-state index in [-0.39, 0.29) is 30.0 Å². The quantitative estimate of drug-likeness (QED) is 0.461. The SMILES string of the molecule is Cc1c[nH]c2ncc(-c3cc4c(c([C@@H]5COCCN5C(=O)OC(C)(C)C)c3)CN(C(=O)N3CC5CC(C3)C5=O)CC4)cc12. The summed E-state index contributed by atoms with van der Waals surface area (Å²) < 4.78 is 11.8. The number of ether oxygens (including phenoxy) is 2. The first-order valence-electron chi connectivity index (χ1n) is 15.3. The first kappa shape index (κ1) is 27.9. The minimum absolute atomic E-state index is 0.00529. The monoisotopic (exact) mass is 585 g/mol. The van der Waals surface area contributed by atoms with E-state index in [1.54, 1.807) is 4.90 Å². The fraction of sp³-hybridized carbons (Fsp3) is 0.515. The summed E-state index contributed by atoms with van der Waals surface area (Å²) in [7, 11) is 0. The number of hydrogen-bond donors (Lipinski definition) is 1. The highest BCUT2D eigenvalue weighted by Gasteiger charge is 2.47. The number of morpholine rings is 1. The van der Waals surface area contributed by atoms with Gasteiger partial charge in [-0.2, -0.15) is 0 Å². The third-order valence-corrected chi connectivity index (χ3v) is 9.36. The van der Waals surface area contributed by atoms with Crippen LogP contribution in [-0.2, 0) is 27.2 Å². The van der Waals surface area contributed by atoms with Crippen LogP contribution in [-0.4, -0.2) is 87.6 Å². The van der Waals surface area contributed by atoms with E-state index in [0.717, 1.165) is 50.8 Å². The third-order valence-electron chi connectivity index (χ3n) is 9.36. The number of carbonyl (C=O) groups excluding carboxylic acids is 3. The molecule has 3 amide bonds. The zero-order chi connectivity index (χ0) is 30.0. The van der Waals surface area contributed by atoms with Gasteiger partial charge in [-0.05, 0) is 80.5 Å². The number of rotatable bonds is 2. The molecule has 1 aromatic carbocycles. The first-order valence-corrected chi connectivity index (χ1v) is 15.3. The number of Topliss-reactive ketones (excluding diaryl/α,β-unsaturated/α-hetero) is 1. The highest BCUT2D eigenvalue weighted by Crippen LogP contribution is 2.39. The molecule has 6 heterocycles. The molecule has 3 aromatic rings. The third kappa shape index (κ3) is 5.05. The molecule has 5 aliphatic rings. The molecule has 2 unspecified atom stereocenters. The van der Waals surface area contributed by atoms with Gasteiger partial charge in [0.15, 0.2) is 0 Å². The number of nitrogens with one attached hydrogen (secondary N) is 1. The first-order chi connectivity index (χ1) is 20.6. The average molecular weight is 586 g/mol. The van der Waals surface area contributed by atoms with Crippen LogP contribution in [0.3, 0.4) is 0 Å². The van der Waals surface area contributed by atoms with Crippen molar-refractivity contribution in [2.45, 2.75) is 58.7 Å². The van der Waals surface area contributed by atoms with Crippen molar-refractivity contribution in [3.8, 4) is 11.1 Å². The fourth-order valence-electron chi connectivity index (χ4n) is 7.06. The molecule has 10 heteroatoms. The van der Waals surface area contributed by atoms with Crippen LogP contribution in [0.15, 0.2) is 30.6 Å². The van der Waals surface area contributed by atoms with Crippen molar-refractivity contribution in [2.24, 2.45) is 11.8 Å². The summed E-state index contributed by atoms with van der Waals surface area (Å²) in [6.07, 6.45) is 5.08. The Labute approximate surface area is 251 Å². The van der Waals surface area contributed by atoms with E-state index in [2.05, 4.69) is 35.1 Å². The minimum Gasteiger partial charge on any atom is -0.444 e. The van der Waals surface area contributed by atoms with Gasteiger partial charge in [-0.1, -0.05) is 6.07 Å². The van der Waals surface area contributed by atoms with Crippen molar-refractivity contribution in [1.82, 2.24) is 24.7 Å². The maximum absolute atomic E-state index is 13.7. The lowest BCUT2D eigenvalue weighted by atomic mass is 9.70. The predicted octanol–water partition coefficient (Wildman–Crippen LogP) is 4.85. The molecule has 3 saturated heterocycles. The summed E-state index contributed by atoms with van der Waals surface area (Å²) in [5, 5.41) is 1.07. The Bertz CT molecular complexity index is 1610. The van der Waals surface area contributed by atoms with E-state index < -0.39 is 5.60 Å². The van der Waals surface area contributed by atoms with Crippen LogP contribution < -0.4 is 0 Å². The molecule has 4 fully saturated rings. The molecule has 10 nitrogen and oxygen atoms in total. The second-order valence-electron chi connectivity index (χ2n) is 13.5. The normalized spacial score (nSPS) is 23.7. The average Bonchev–Trinajstić information content (AvgIpc) is 3.38. The number of H-pyrrole nitrogens is 1. The smallest absolute Gasteiger partial charge is 0.410 e. The fourth-order valence-corrected chi connectivity index (χ4v) is 7.06. The minimum atomic E-state index is -0.629. The predicted molar refractivity (Wildman–Crippen MR) is 160 cm³/mol. The van der Waals surface area contributed by atoms with Gasteiger partial charge in [-0.3, -0.25) is 9.69 Å². The highest BCUT2D eigenvalue weighted by atomic mass is 16.6. The van der Waals surface area contributed by atoms with Crippen molar-refractivity contribution in [3.05, 3.63) is 52.8 Å². The summed E-state index contributed by atoms with van der Waals surface area (Å²) in [5.41, 5.74) is 6.55. The van der Waals surface area contributed by atoms with E-state index in [1.165, 1.54) is 0 Å². The van der Waals surface area contributed by atoms with Crippen molar-refractivity contribution in [1.29, 1.82) is 0 Å². The number of ketones is 1. The topological polar surface area (TPSA) is 108 Å². The zero-order valence-electron chi connectivity index (χ0n) is 25.3. The van der Waals surface area contributed by atoms with Gasteiger partial charge in [-0.15, -0.1) is 0 Å². The van der Waals surface area contributed by atoms with Crippen LogP contribution in [0.4, 0.5) is 9.59 Å². The molecule has 2 aromatic heterocycles. The largest absolute Gasteiger partial charge is 0.444 e. The lowest BCUT2D eigenvalue weighted by Gasteiger charge is -2.47. The molecule has 1 aliphatic carbocycles. The van der Waals surface area contributed by atoms with Gasteiger partial charge in [0, 0.05) is 67.9 Å². The van der Waals surface area contributed by atoms with Gasteiger partial charge in [0.05, 0.1) is 19.3 Å². The standard InChI is InChI=1S/C33H39N5O5/c1-19-13-34-30-25(19)12-22(14-35-30)21-9-20-5-6-36(31(40)37-15-23-10-24(16-37)29(23)39)17-27(20)26(11-21)28-18-42-8-7-38(28)32(41)43-33(2,3)4/h9,11-14,23-24,28H,5-8,10,15-18H2,1-4H3,(H,34,35)/t23?,24?,28-/m0/s1. The van der Waals surface area contributed by atoms with Gasteiger partial charge < -0.3 is 24.3 Å². The number of aromatic amines is 1. The molecule has 1 N–H and O–H groups in total. The number of fused-ring (bicyclic) bond motifs is 4. The van der Waals surface area contributed by atoms with Crippen molar-refractivity contribution in [3.63, 3.8) is 0 Å². The molecule has 2 bridgehead atoms. The summed E-state index contributed by atoms with van der Waals surface area (Å²) in [6, 6.07) is 6.14. The second kappa shape index (κ2) is 10.4.